The number of nitrogens with one attached hydrogen (secondary N) is 1. The highest BCUT2D eigenvalue weighted by Gasteiger charge is 2.12. The van der Waals surface area contributed by atoms with Crippen molar-refractivity contribution in [3.8, 4) is 6.01 Å². The van der Waals surface area contributed by atoms with Crippen LogP contribution in [0.1, 0.15) is 31.2 Å². The Morgan fingerprint density at radius 3 is 2.94 bits per heavy atom. The van der Waals surface area contributed by atoms with Crippen LogP contribution in [0.25, 0.3) is 0 Å². The van der Waals surface area contributed by atoms with Gasteiger partial charge in [-0.15, -0.1) is 0 Å². The number of aryl methyl sites for hydroxylation is 1. The summed E-state index contributed by atoms with van der Waals surface area (Å²) in [5.41, 5.74) is 0.874. The van der Waals surface area contributed by atoms with Crippen molar-refractivity contribution in [1.82, 2.24) is 15.3 Å². The van der Waals surface area contributed by atoms with Crippen molar-refractivity contribution in [3.05, 3.63) is 16.9 Å². The molecular weight excluding hydrogens is 250 g/mol. The molecule has 2 heterocycles. The van der Waals surface area contributed by atoms with Crippen molar-refractivity contribution < 1.29 is 4.74 Å². The van der Waals surface area contributed by atoms with Gasteiger partial charge in [0, 0.05) is 11.8 Å². The van der Waals surface area contributed by atoms with Crippen molar-refractivity contribution in [2.24, 2.45) is 5.92 Å². The van der Waals surface area contributed by atoms with Gasteiger partial charge in [-0.2, -0.15) is 4.98 Å². The molecule has 0 atom stereocenters. The first kappa shape index (κ1) is 13.6. The molecule has 1 aromatic heterocycles. The SMILES string of the molecule is Cc1cnc(OCCCC2CCNCC2)nc1Cl. The zero-order valence-electron chi connectivity index (χ0n) is 10.8. The summed E-state index contributed by atoms with van der Waals surface area (Å²) in [4.78, 5) is 8.17. The van der Waals surface area contributed by atoms with Gasteiger partial charge in [-0.05, 0) is 51.6 Å². The molecule has 1 aromatic rings. The van der Waals surface area contributed by atoms with Gasteiger partial charge in [0.25, 0.3) is 0 Å². The second-order valence-electron chi connectivity index (χ2n) is 4.81. The average Bonchev–Trinajstić information content (AvgIpc) is 2.40. The minimum absolute atomic E-state index is 0.385. The van der Waals surface area contributed by atoms with Crippen LogP contribution in [0, 0.1) is 12.8 Å². The van der Waals surface area contributed by atoms with Gasteiger partial charge >= 0.3 is 6.01 Å². The molecule has 0 bridgehead atoms. The van der Waals surface area contributed by atoms with Crippen LogP contribution in [-0.4, -0.2) is 29.7 Å². The van der Waals surface area contributed by atoms with Gasteiger partial charge in [0.1, 0.15) is 5.15 Å². The molecular formula is C13H20ClN3O. The average molecular weight is 270 g/mol. The number of hydrogen-bond acceptors (Lipinski definition) is 4. The van der Waals surface area contributed by atoms with E-state index in [9.17, 15) is 0 Å². The minimum atomic E-state index is 0.385. The molecule has 18 heavy (non-hydrogen) atoms. The third kappa shape index (κ3) is 4.10. The number of piperidine rings is 1. The van der Waals surface area contributed by atoms with E-state index in [1.54, 1.807) is 6.20 Å². The lowest BCUT2D eigenvalue weighted by Gasteiger charge is -2.22. The van der Waals surface area contributed by atoms with Crippen LogP contribution in [0.2, 0.25) is 5.15 Å². The first-order valence-corrected chi connectivity index (χ1v) is 6.96. The monoisotopic (exact) mass is 269 g/mol. The summed E-state index contributed by atoms with van der Waals surface area (Å²) in [6.07, 6.45) is 6.54. The molecule has 0 amide bonds. The normalized spacial score (nSPS) is 16.8. The van der Waals surface area contributed by atoms with Gasteiger partial charge in [-0.25, -0.2) is 4.98 Å². The van der Waals surface area contributed by atoms with Crippen LogP contribution < -0.4 is 10.1 Å². The first-order valence-electron chi connectivity index (χ1n) is 6.58. The predicted molar refractivity (Wildman–Crippen MR) is 72.1 cm³/mol. The molecule has 0 radical (unpaired) electrons. The molecule has 1 saturated heterocycles. The molecule has 1 fully saturated rings. The number of aromatic nitrogens is 2. The smallest absolute Gasteiger partial charge is 0.317 e. The van der Waals surface area contributed by atoms with Crippen LogP contribution in [0.15, 0.2) is 6.20 Å². The Bertz CT molecular complexity index is 380. The van der Waals surface area contributed by atoms with E-state index < -0.39 is 0 Å². The predicted octanol–water partition coefficient (Wildman–Crippen LogP) is 2.60. The Kier molecular flexibility index (Phi) is 5.20. The van der Waals surface area contributed by atoms with Crippen LogP contribution in [0.3, 0.4) is 0 Å². The Hall–Kier alpha value is -0.870. The van der Waals surface area contributed by atoms with Gasteiger partial charge < -0.3 is 10.1 Å². The second kappa shape index (κ2) is 6.90. The molecule has 0 spiro atoms. The zero-order valence-corrected chi connectivity index (χ0v) is 11.5. The number of hydrogen-bond donors (Lipinski definition) is 1. The van der Waals surface area contributed by atoms with Crippen molar-refractivity contribution in [2.45, 2.75) is 32.6 Å². The molecule has 0 aromatic carbocycles. The molecule has 4 nitrogen and oxygen atoms in total. The number of halogens is 1. The summed E-state index contributed by atoms with van der Waals surface area (Å²) >= 11 is 5.91. The number of rotatable bonds is 5. The topological polar surface area (TPSA) is 47.0 Å². The van der Waals surface area contributed by atoms with Gasteiger partial charge in [-0.1, -0.05) is 11.6 Å². The van der Waals surface area contributed by atoms with E-state index in [0.717, 1.165) is 31.0 Å². The van der Waals surface area contributed by atoms with Crippen LogP contribution in [0.5, 0.6) is 6.01 Å². The highest BCUT2D eigenvalue weighted by Crippen LogP contribution is 2.18. The second-order valence-corrected chi connectivity index (χ2v) is 5.17. The van der Waals surface area contributed by atoms with E-state index in [2.05, 4.69) is 15.3 Å². The maximum absolute atomic E-state index is 5.91. The molecule has 2 rings (SSSR count). The highest BCUT2D eigenvalue weighted by molar-refractivity contribution is 6.30. The molecule has 1 N–H and O–H groups in total. The summed E-state index contributed by atoms with van der Waals surface area (Å²) in [7, 11) is 0. The van der Waals surface area contributed by atoms with E-state index in [1.807, 2.05) is 6.92 Å². The van der Waals surface area contributed by atoms with Gasteiger partial charge in [0.2, 0.25) is 0 Å². The number of ether oxygens (including phenoxy) is 1. The lowest BCUT2D eigenvalue weighted by molar-refractivity contribution is 0.258. The maximum Gasteiger partial charge on any atom is 0.317 e. The van der Waals surface area contributed by atoms with Crippen molar-refractivity contribution in [2.75, 3.05) is 19.7 Å². The fourth-order valence-electron chi connectivity index (χ4n) is 2.18. The van der Waals surface area contributed by atoms with E-state index >= 15 is 0 Å². The third-order valence-corrected chi connectivity index (χ3v) is 3.72. The molecule has 0 aliphatic carbocycles. The van der Waals surface area contributed by atoms with Gasteiger partial charge in [0.05, 0.1) is 6.61 Å². The quantitative estimate of drug-likeness (QED) is 0.659. The Labute approximate surface area is 113 Å². The van der Waals surface area contributed by atoms with E-state index in [4.69, 9.17) is 16.3 Å². The summed E-state index contributed by atoms with van der Waals surface area (Å²) in [5, 5.41) is 3.85. The Morgan fingerprint density at radius 1 is 1.44 bits per heavy atom. The summed E-state index contributed by atoms with van der Waals surface area (Å²) in [6, 6.07) is 0.385. The van der Waals surface area contributed by atoms with Crippen LogP contribution >= 0.6 is 11.6 Å². The molecule has 1 aliphatic heterocycles. The van der Waals surface area contributed by atoms with Crippen molar-refractivity contribution >= 4 is 11.6 Å². The summed E-state index contributed by atoms with van der Waals surface area (Å²) < 4.78 is 5.51. The molecule has 1 aliphatic rings. The highest BCUT2D eigenvalue weighted by atomic mass is 35.5. The van der Waals surface area contributed by atoms with E-state index in [0.29, 0.717) is 17.8 Å². The maximum atomic E-state index is 5.91. The zero-order chi connectivity index (χ0) is 12.8. The number of nitrogens with zero attached hydrogens (tertiary/aromatic N) is 2. The van der Waals surface area contributed by atoms with Crippen LogP contribution in [0.4, 0.5) is 0 Å². The lowest BCUT2D eigenvalue weighted by Crippen LogP contribution is -2.27. The van der Waals surface area contributed by atoms with Gasteiger partial charge in [0.15, 0.2) is 0 Å². The van der Waals surface area contributed by atoms with Crippen molar-refractivity contribution in [3.63, 3.8) is 0 Å². The van der Waals surface area contributed by atoms with Crippen LogP contribution in [-0.2, 0) is 0 Å². The Morgan fingerprint density at radius 2 is 2.22 bits per heavy atom. The molecule has 100 valence electrons. The van der Waals surface area contributed by atoms with Gasteiger partial charge in [-0.3, -0.25) is 0 Å². The van der Waals surface area contributed by atoms with E-state index in [1.165, 1.54) is 19.3 Å². The van der Waals surface area contributed by atoms with Crippen molar-refractivity contribution in [1.29, 1.82) is 0 Å². The largest absolute Gasteiger partial charge is 0.463 e. The third-order valence-electron chi connectivity index (χ3n) is 3.33. The fraction of sp³-hybridized carbons (Fsp3) is 0.692. The van der Waals surface area contributed by atoms with E-state index in [-0.39, 0.29) is 0 Å². The lowest BCUT2D eigenvalue weighted by atomic mass is 9.93. The minimum Gasteiger partial charge on any atom is -0.463 e. The summed E-state index contributed by atoms with van der Waals surface area (Å²) in [5.74, 6) is 0.845. The molecule has 0 saturated carbocycles. The summed E-state index contributed by atoms with van der Waals surface area (Å²) in [6.45, 7) is 4.86. The fourth-order valence-corrected chi connectivity index (χ4v) is 2.30. The molecule has 5 heteroatoms. The molecule has 0 unspecified atom stereocenters. The first-order chi connectivity index (χ1) is 8.75. The Balaban J connectivity index is 1.66. The standard InChI is InChI=1S/C13H20ClN3O/c1-10-9-16-13(17-12(10)14)18-8-2-3-11-4-6-15-7-5-11/h9,11,15H,2-8H2,1H3.